The van der Waals surface area contributed by atoms with Gasteiger partial charge in [-0.05, 0) is 44.6 Å². The number of hydrogen-bond donors (Lipinski definition) is 1. The SMILES string of the molecule is OCc1sc2c(I)cccc2c1Br. The number of halogens is 2. The summed E-state index contributed by atoms with van der Waals surface area (Å²) < 4.78 is 3.52. The van der Waals surface area contributed by atoms with Gasteiger partial charge in [-0.25, -0.2) is 0 Å². The number of fused-ring (bicyclic) bond motifs is 1. The molecule has 1 N–H and O–H groups in total. The first-order valence-corrected chi connectivity index (χ1v) is 6.39. The summed E-state index contributed by atoms with van der Waals surface area (Å²) >= 11 is 7.45. The minimum absolute atomic E-state index is 0.107. The molecule has 2 aromatic rings. The third-order valence-corrected chi connectivity index (χ3v) is 5.47. The van der Waals surface area contributed by atoms with E-state index in [4.69, 9.17) is 5.11 Å². The van der Waals surface area contributed by atoms with Crippen LogP contribution in [-0.4, -0.2) is 5.11 Å². The zero-order chi connectivity index (χ0) is 9.42. The maximum atomic E-state index is 9.09. The molecule has 0 bridgehead atoms. The first-order chi connectivity index (χ1) is 6.24. The van der Waals surface area contributed by atoms with E-state index in [-0.39, 0.29) is 6.61 Å². The zero-order valence-corrected chi connectivity index (χ0v) is 11.1. The number of rotatable bonds is 1. The Morgan fingerprint density at radius 1 is 1.46 bits per heavy atom. The Bertz CT molecular complexity index is 452. The van der Waals surface area contributed by atoms with Gasteiger partial charge in [0.05, 0.1) is 6.61 Å². The van der Waals surface area contributed by atoms with Crippen molar-refractivity contribution in [1.82, 2.24) is 0 Å². The van der Waals surface area contributed by atoms with Crippen LogP contribution < -0.4 is 0 Å². The summed E-state index contributed by atoms with van der Waals surface area (Å²) in [5.74, 6) is 0. The fourth-order valence-electron chi connectivity index (χ4n) is 1.21. The molecule has 1 aromatic heterocycles. The van der Waals surface area contributed by atoms with Gasteiger partial charge in [0.25, 0.3) is 0 Å². The lowest BCUT2D eigenvalue weighted by atomic mass is 10.2. The number of aliphatic hydroxyl groups excluding tert-OH is 1. The standard InChI is InChI=1S/C9H6BrIOS/c10-8-5-2-1-3-6(11)9(5)13-7(8)4-12/h1-3,12H,4H2. The Labute approximate surface area is 102 Å². The maximum Gasteiger partial charge on any atom is 0.0786 e. The van der Waals surface area contributed by atoms with Gasteiger partial charge in [-0.2, -0.15) is 0 Å². The normalized spacial score (nSPS) is 11.0. The summed E-state index contributed by atoms with van der Waals surface area (Å²) in [4.78, 5) is 0.999. The quantitative estimate of drug-likeness (QED) is 0.760. The molecule has 0 spiro atoms. The maximum absolute atomic E-state index is 9.09. The van der Waals surface area contributed by atoms with Gasteiger partial charge < -0.3 is 5.11 Å². The molecular weight excluding hydrogens is 363 g/mol. The van der Waals surface area contributed by atoms with Crippen LogP contribution >= 0.6 is 49.9 Å². The molecule has 0 aliphatic heterocycles. The fraction of sp³-hybridized carbons (Fsp3) is 0.111. The van der Waals surface area contributed by atoms with Gasteiger partial charge in [0.2, 0.25) is 0 Å². The molecule has 0 aliphatic carbocycles. The van der Waals surface area contributed by atoms with Gasteiger partial charge >= 0.3 is 0 Å². The highest BCUT2D eigenvalue weighted by Gasteiger charge is 2.10. The van der Waals surface area contributed by atoms with Gasteiger partial charge in [-0.15, -0.1) is 11.3 Å². The van der Waals surface area contributed by atoms with E-state index in [0.29, 0.717) is 0 Å². The van der Waals surface area contributed by atoms with Crippen LogP contribution in [0.1, 0.15) is 4.88 Å². The average molecular weight is 369 g/mol. The van der Waals surface area contributed by atoms with E-state index >= 15 is 0 Å². The lowest BCUT2D eigenvalue weighted by molar-refractivity contribution is 0.285. The fourth-order valence-corrected chi connectivity index (χ4v) is 3.82. The average Bonchev–Trinajstić information content (AvgIpc) is 2.45. The van der Waals surface area contributed by atoms with Crippen LogP contribution in [0.4, 0.5) is 0 Å². The van der Waals surface area contributed by atoms with Crippen LogP contribution in [0.3, 0.4) is 0 Å². The summed E-state index contributed by atoms with van der Waals surface area (Å²) in [6, 6.07) is 6.17. The van der Waals surface area contributed by atoms with Crippen molar-refractivity contribution in [2.45, 2.75) is 6.61 Å². The van der Waals surface area contributed by atoms with Gasteiger partial charge in [-0.1, -0.05) is 12.1 Å². The van der Waals surface area contributed by atoms with E-state index in [0.717, 1.165) is 9.35 Å². The third kappa shape index (κ3) is 1.65. The van der Waals surface area contributed by atoms with Crippen LogP contribution in [0, 0.1) is 3.57 Å². The number of benzene rings is 1. The van der Waals surface area contributed by atoms with Crippen molar-refractivity contribution in [3.05, 3.63) is 31.1 Å². The van der Waals surface area contributed by atoms with Crippen molar-refractivity contribution in [2.75, 3.05) is 0 Å². The molecule has 0 saturated carbocycles. The monoisotopic (exact) mass is 368 g/mol. The van der Waals surface area contributed by atoms with Crippen LogP contribution in [-0.2, 0) is 6.61 Å². The van der Waals surface area contributed by atoms with Gasteiger partial charge in [0.15, 0.2) is 0 Å². The van der Waals surface area contributed by atoms with E-state index in [1.54, 1.807) is 11.3 Å². The summed E-state index contributed by atoms with van der Waals surface area (Å²) in [6.07, 6.45) is 0. The smallest absolute Gasteiger partial charge is 0.0786 e. The highest BCUT2D eigenvalue weighted by atomic mass is 127. The molecule has 68 valence electrons. The summed E-state index contributed by atoms with van der Waals surface area (Å²) in [7, 11) is 0. The Hall–Kier alpha value is 0.350. The zero-order valence-electron chi connectivity index (χ0n) is 6.55. The highest BCUT2D eigenvalue weighted by molar-refractivity contribution is 14.1. The second-order valence-electron chi connectivity index (χ2n) is 2.61. The second kappa shape index (κ2) is 3.84. The lowest BCUT2D eigenvalue weighted by Gasteiger charge is -1.92. The summed E-state index contributed by atoms with van der Waals surface area (Å²) in [6.45, 7) is 0.107. The Kier molecular flexibility index (Phi) is 2.92. The molecule has 1 aromatic carbocycles. The van der Waals surface area contributed by atoms with Crippen molar-refractivity contribution in [1.29, 1.82) is 0 Å². The van der Waals surface area contributed by atoms with E-state index in [9.17, 15) is 0 Å². The largest absolute Gasteiger partial charge is 0.391 e. The number of aliphatic hydroxyl groups is 1. The molecule has 2 rings (SSSR count). The minimum atomic E-state index is 0.107. The summed E-state index contributed by atoms with van der Waals surface area (Å²) in [5, 5.41) is 10.3. The minimum Gasteiger partial charge on any atom is -0.391 e. The first-order valence-electron chi connectivity index (χ1n) is 3.70. The van der Waals surface area contributed by atoms with Crippen molar-refractivity contribution in [3.63, 3.8) is 0 Å². The molecule has 0 saturated heterocycles. The molecule has 0 unspecified atom stereocenters. The Morgan fingerprint density at radius 3 is 2.85 bits per heavy atom. The molecular formula is C9H6BrIOS. The Balaban J connectivity index is 2.83. The topological polar surface area (TPSA) is 20.2 Å². The summed E-state index contributed by atoms with van der Waals surface area (Å²) in [5.41, 5.74) is 0. The van der Waals surface area contributed by atoms with E-state index in [1.807, 2.05) is 6.07 Å². The van der Waals surface area contributed by atoms with Gasteiger partial charge in [-0.3, -0.25) is 0 Å². The second-order valence-corrected chi connectivity index (χ2v) is 5.67. The van der Waals surface area contributed by atoms with Crippen molar-refractivity contribution < 1.29 is 5.11 Å². The van der Waals surface area contributed by atoms with E-state index < -0.39 is 0 Å². The molecule has 13 heavy (non-hydrogen) atoms. The lowest BCUT2D eigenvalue weighted by Crippen LogP contribution is -1.74. The van der Waals surface area contributed by atoms with Crippen LogP contribution in [0.25, 0.3) is 10.1 Å². The van der Waals surface area contributed by atoms with E-state index in [1.165, 1.54) is 13.7 Å². The van der Waals surface area contributed by atoms with E-state index in [2.05, 4.69) is 50.7 Å². The molecule has 1 nitrogen and oxygen atoms in total. The highest BCUT2D eigenvalue weighted by Crippen LogP contribution is 2.37. The van der Waals surface area contributed by atoms with Crippen molar-refractivity contribution >= 4 is 59.9 Å². The molecule has 1 heterocycles. The van der Waals surface area contributed by atoms with Gasteiger partial charge in [0, 0.05) is 23.0 Å². The van der Waals surface area contributed by atoms with Gasteiger partial charge in [0.1, 0.15) is 0 Å². The molecule has 0 aliphatic rings. The molecule has 4 heteroatoms. The Morgan fingerprint density at radius 2 is 2.23 bits per heavy atom. The predicted octanol–water partition coefficient (Wildman–Crippen LogP) is 3.76. The molecule has 0 fully saturated rings. The molecule has 0 atom stereocenters. The van der Waals surface area contributed by atoms with Crippen LogP contribution in [0.5, 0.6) is 0 Å². The number of thiophene rings is 1. The number of hydrogen-bond acceptors (Lipinski definition) is 2. The van der Waals surface area contributed by atoms with Crippen LogP contribution in [0.15, 0.2) is 22.7 Å². The van der Waals surface area contributed by atoms with Crippen molar-refractivity contribution in [3.8, 4) is 0 Å². The first kappa shape index (κ1) is 9.89. The van der Waals surface area contributed by atoms with Crippen molar-refractivity contribution in [2.24, 2.45) is 0 Å². The predicted molar refractivity (Wildman–Crippen MR) is 68.2 cm³/mol. The molecule has 0 amide bonds. The molecule has 0 radical (unpaired) electrons. The van der Waals surface area contributed by atoms with Crippen LogP contribution in [0.2, 0.25) is 0 Å². The third-order valence-electron chi connectivity index (χ3n) is 1.82.